The summed E-state index contributed by atoms with van der Waals surface area (Å²) in [4.78, 5) is 20.4. The predicted molar refractivity (Wildman–Crippen MR) is 39.6 cm³/mol. The Balaban J connectivity index is 3.67. The summed E-state index contributed by atoms with van der Waals surface area (Å²) in [7, 11) is -4.17. The Morgan fingerprint density at radius 3 is 2.23 bits per heavy atom. The van der Waals surface area contributed by atoms with Gasteiger partial charge in [-0.05, 0) is 0 Å². The van der Waals surface area contributed by atoms with E-state index in [9.17, 15) is 18.0 Å². The predicted octanol–water partition coefficient (Wildman–Crippen LogP) is -1.11. The van der Waals surface area contributed by atoms with Gasteiger partial charge in [0.15, 0.2) is 0 Å². The van der Waals surface area contributed by atoms with Crippen LogP contribution in [0.15, 0.2) is 0 Å². The van der Waals surface area contributed by atoms with Crippen molar-refractivity contribution in [2.45, 2.75) is 6.42 Å². The van der Waals surface area contributed by atoms with Crippen LogP contribution in [-0.2, 0) is 24.4 Å². The number of carbonyl (C=O) groups is 2. The Bertz CT molecular complexity index is 290. The SMILES string of the molecule is O=C(O)CC(=O)OCCS(=O)(=O)O. The molecule has 0 aromatic heterocycles. The molecule has 0 unspecified atom stereocenters. The van der Waals surface area contributed by atoms with E-state index in [1.54, 1.807) is 0 Å². The number of rotatable bonds is 5. The highest BCUT2D eigenvalue weighted by atomic mass is 32.2. The average molecular weight is 212 g/mol. The van der Waals surface area contributed by atoms with Gasteiger partial charge in [-0.25, -0.2) is 0 Å². The Morgan fingerprint density at radius 1 is 1.31 bits per heavy atom. The summed E-state index contributed by atoms with van der Waals surface area (Å²) in [6, 6.07) is 0. The third kappa shape index (κ3) is 8.76. The fourth-order valence-corrected chi connectivity index (χ4v) is 0.729. The van der Waals surface area contributed by atoms with E-state index in [0.717, 1.165) is 0 Å². The van der Waals surface area contributed by atoms with Crippen molar-refractivity contribution in [3.8, 4) is 0 Å². The minimum absolute atomic E-state index is 0.551. The molecule has 0 saturated carbocycles. The lowest BCUT2D eigenvalue weighted by molar-refractivity contribution is -0.150. The van der Waals surface area contributed by atoms with Gasteiger partial charge < -0.3 is 9.84 Å². The molecule has 0 spiro atoms. The quantitative estimate of drug-likeness (QED) is 0.337. The van der Waals surface area contributed by atoms with Crippen molar-refractivity contribution in [3.63, 3.8) is 0 Å². The molecule has 2 N–H and O–H groups in total. The molecule has 0 aliphatic heterocycles. The van der Waals surface area contributed by atoms with Crippen LogP contribution in [-0.4, -0.2) is 42.4 Å². The molecule has 0 amide bonds. The van der Waals surface area contributed by atoms with E-state index in [4.69, 9.17) is 9.66 Å². The fraction of sp³-hybridized carbons (Fsp3) is 0.600. The van der Waals surface area contributed by atoms with Gasteiger partial charge in [0.1, 0.15) is 18.8 Å². The highest BCUT2D eigenvalue weighted by molar-refractivity contribution is 7.85. The monoisotopic (exact) mass is 212 g/mol. The van der Waals surface area contributed by atoms with Crippen molar-refractivity contribution in [2.75, 3.05) is 12.4 Å². The number of ether oxygens (including phenoxy) is 1. The smallest absolute Gasteiger partial charge is 0.317 e. The molecule has 0 aromatic rings. The highest BCUT2D eigenvalue weighted by Crippen LogP contribution is 1.88. The zero-order chi connectivity index (χ0) is 10.5. The second-order valence-corrected chi connectivity index (χ2v) is 3.65. The lowest BCUT2D eigenvalue weighted by Gasteiger charge is -2.00. The van der Waals surface area contributed by atoms with Crippen molar-refractivity contribution < 1.29 is 32.4 Å². The molecule has 8 heteroatoms. The molecule has 0 aliphatic carbocycles. The van der Waals surface area contributed by atoms with Crippen molar-refractivity contribution in [2.24, 2.45) is 0 Å². The average Bonchev–Trinajstić information content (AvgIpc) is 1.81. The maximum absolute atomic E-state index is 10.5. The molecule has 76 valence electrons. The largest absolute Gasteiger partial charge is 0.481 e. The van der Waals surface area contributed by atoms with E-state index in [2.05, 4.69) is 4.74 Å². The number of aliphatic carboxylic acids is 1. The van der Waals surface area contributed by atoms with E-state index in [0.29, 0.717) is 0 Å². The van der Waals surface area contributed by atoms with Crippen LogP contribution < -0.4 is 0 Å². The van der Waals surface area contributed by atoms with Crippen LogP contribution in [0.2, 0.25) is 0 Å². The topological polar surface area (TPSA) is 118 Å². The van der Waals surface area contributed by atoms with Crippen molar-refractivity contribution in [1.82, 2.24) is 0 Å². The second-order valence-electron chi connectivity index (χ2n) is 2.08. The molecule has 13 heavy (non-hydrogen) atoms. The maximum atomic E-state index is 10.5. The van der Waals surface area contributed by atoms with E-state index >= 15 is 0 Å². The third-order valence-electron chi connectivity index (χ3n) is 0.900. The summed E-state index contributed by atoms with van der Waals surface area (Å²) in [6.07, 6.45) is -0.828. The Hall–Kier alpha value is -1.15. The zero-order valence-corrected chi connectivity index (χ0v) is 7.28. The molecule has 0 bridgehead atoms. The molecule has 0 radical (unpaired) electrons. The number of esters is 1. The normalized spacial score (nSPS) is 10.8. The molecule has 7 nitrogen and oxygen atoms in total. The molecule has 0 saturated heterocycles. The van der Waals surface area contributed by atoms with Crippen LogP contribution in [0.3, 0.4) is 0 Å². The summed E-state index contributed by atoms with van der Waals surface area (Å²) in [5.74, 6) is -3.15. The van der Waals surface area contributed by atoms with Crippen LogP contribution >= 0.6 is 0 Å². The van der Waals surface area contributed by atoms with Crippen molar-refractivity contribution in [1.29, 1.82) is 0 Å². The van der Waals surface area contributed by atoms with Crippen molar-refractivity contribution >= 4 is 22.1 Å². The fourth-order valence-electron chi connectivity index (χ4n) is 0.435. The first-order valence-corrected chi connectivity index (χ1v) is 4.75. The Labute approximate surface area is 74.1 Å². The first-order valence-electron chi connectivity index (χ1n) is 3.14. The summed E-state index contributed by atoms with van der Waals surface area (Å²) in [5, 5.41) is 8.07. The van der Waals surface area contributed by atoms with Crippen LogP contribution in [0.25, 0.3) is 0 Å². The molecule has 0 aliphatic rings. The Kier molecular flexibility index (Phi) is 4.35. The van der Waals surface area contributed by atoms with Crippen LogP contribution in [0.4, 0.5) is 0 Å². The lowest BCUT2D eigenvalue weighted by atomic mass is 10.4. The summed E-state index contributed by atoms with van der Waals surface area (Å²) < 4.78 is 32.5. The number of carboxylic acids is 1. The lowest BCUT2D eigenvalue weighted by Crippen LogP contribution is -2.16. The van der Waals surface area contributed by atoms with Gasteiger partial charge in [-0.2, -0.15) is 8.42 Å². The number of hydrogen-bond donors (Lipinski definition) is 2. The first-order chi connectivity index (χ1) is 5.81. The van der Waals surface area contributed by atoms with E-state index < -0.39 is 40.8 Å². The minimum Gasteiger partial charge on any atom is -0.481 e. The van der Waals surface area contributed by atoms with Crippen molar-refractivity contribution in [3.05, 3.63) is 0 Å². The molecular weight excluding hydrogens is 204 g/mol. The summed E-state index contributed by atoms with van der Waals surface area (Å²) in [6.45, 7) is -0.551. The molecule has 0 aromatic carbocycles. The standard InChI is InChI=1S/C5H8O7S/c6-4(7)3-5(8)12-1-2-13(9,10)11/h1-3H2,(H,6,7)(H,9,10,11). The van der Waals surface area contributed by atoms with Gasteiger partial charge in [0.25, 0.3) is 10.1 Å². The highest BCUT2D eigenvalue weighted by Gasteiger charge is 2.10. The van der Waals surface area contributed by atoms with E-state index in [1.807, 2.05) is 0 Å². The van der Waals surface area contributed by atoms with Crippen LogP contribution in [0.5, 0.6) is 0 Å². The van der Waals surface area contributed by atoms with Gasteiger partial charge in [0.05, 0.1) is 0 Å². The van der Waals surface area contributed by atoms with Gasteiger partial charge in [0, 0.05) is 0 Å². The zero-order valence-electron chi connectivity index (χ0n) is 6.47. The van der Waals surface area contributed by atoms with Crippen LogP contribution in [0, 0.1) is 0 Å². The summed E-state index contributed by atoms with van der Waals surface area (Å²) >= 11 is 0. The maximum Gasteiger partial charge on any atom is 0.317 e. The van der Waals surface area contributed by atoms with E-state index in [-0.39, 0.29) is 0 Å². The summed E-state index contributed by atoms with van der Waals surface area (Å²) in [5.41, 5.74) is 0. The molecule has 0 fully saturated rings. The Morgan fingerprint density at radius 2 is 1.85 bits per heavy atom. The first kappa shape index (κ1) is 11.8. The number of carbonyl (C=O) groups excluding carboxylic acids is 1. The van der Waals surface area contributed by atoms with Gasteiger partial charge in [-0.1, -0.05) is 0 Å². The number of hydrogen-bond acceptors (Lipinski definition) is 5. The molecule has 0 atom stereocenters. The van der Waals surface area contributed by atoms with Crippen LogP contribution in [0.1, 0.15) is 6.42 Å². The van der Waals surface area contributed by atoms with Gasteiger partial charge in [-0.15, -0.1) is 0 Å². The van der Waals surface area contributed by atoms with Gasteiger partial charge >= 0.3 is 11.9 Å². The van der Waals surface area contributed by atoms with Gasteiger partial charge in [-0.3, -0.25) is 14.1 Å². The molecule has 0 rings (SSSR count). The molecule has 0 heterocycles. The number of carboxylic acid groups (broad SMARTS) is 1. The van der Waals surface area contributed by atoms with Gasteiger partial charge in [0.2, 0.25) is 0 Å². The molecular formula is C5H8O7S. The minimum atomic E-state index is -4.17. The third-order valence-corrected chi connectivity index (χ3v) is 1.58. The second kappa shape index (κ2) is 4.77. The van der Waals surface area contributed by atoms with E-state index in [1.165, 1.54) is 0 Å².